The molecule has 128 valence electrons. The Morgan fingerprint density at radius 2 is 0.840 bits per heavy atom. The highest BCUT2D eigenvalue weighted by atomic mass is 19.4. The minimum Gasteiger partial charge on any atom is -0.168 e. The van der Waals surface area contributed by atoms with E-state index >= 15 is 0 Å². The second-order valence-electron chi connectivity index (χ2n) is 4.98. The average molecular weight is 352 g/mol. The normalized spacial score (nSPS) is 11.8. The number of hydrogen-bond donors (Lipinski definition) is 0. The smallest absolute Gasteiger partial charge is 0.168 e. The molecule has 0 unspecified atom stereocenters. The summed E-state index contributed by atoms with van der Waals surface area (Å²) in [5, 5.41) is 0. The Hall–Kier alpha value is -2.86. The molecule has 0 heterocycles. The van der Waals surface area contributed by atoms with Gasteiger partial charge in [0.1, 0.15) is 0 Å². The van der Waals surface area contributed by atoms with Crippen LogP contribution < -0.4 is 0 Å². The maximum absolute atomic E-state index is 13.4. The number of rotatable bonds is 0. The van der Waals surface area contributed by atoms with Crippen molar-refractivity contribution >= 4 is 0 Å². The third kappa shape index (κ3) is 4.16. The topological polar surface area (TPSA) is 0 Å². The van der Waals surface area contributed by atoms with Crippen molar-refractivity contribution in [2.75, 3.05) is 0 Å². The summed E-state index contributed by atoms with van der Waals surface area (Å²) in [6, 6.07) is 14.2. The lowest BCUT2D eigenvalue weighted by atomic mass is 9.87. The van der Waals surface area contributed by atoms with Crippen LogP contribution in [0.3, 0.4) is 0 Å². The van der Waals surface area contributed by atoms with E-state index in [-0.39, 0.29) is 11.1 Å². The van der Waals surface area contributed by atoms with Crippen molar-refractivity contribution < 1.29 is 26.3 Å². The van der Waals surface area contributed by atoms with Crippen LogP contribution in [0.5, 0.6) is 0 Å². The molecule has 0 radical (unpaired) electrons. The lowest BCUT2D eigenvalue weighted by Gasteiger charge is -2.28. The van der Waals surface area contributed by atoms with Crippen LogP contribution in [0.2, 0.25) is 0 Å². The molecule has 0 atom stereocenters. The zero-order valence-electron chi connectivity index (χ0n) is 12.5. The molecule has 0 aliphatic heterocycles. The van der Waals surface area contributed by atoms with E-state index in [2.05, 4.69) is 0 Å². The van der Waals surface area contributed by atoms with Crippen LogP contribution >= 0.6 is 0 Å². The van der Waals surface area contributed by atoms with E-state index < -0.39 is 17.8 Å². The molecule has 6 heteroatoms. The van der Waals surface area contributed by atoms with Gasteiger partial charge in [0.05, 0.1) is 0 Å². The molecule has 0 amide bonds. The van der Waals surface area contributed by atoms with Crippen molar-refractivity contribution in [3.63, 3.8) is 0 Å². The highest BCUT2D eigenvalue weighted by molar-refractivity contribution is 5.44. The van der Waals surface area contributed by atoms with Gasteiger partial charge in [0.25, 0.3) is 5.41 Å². The van der Waals surface area contributed by atoms with Crippen molar-refractivity contribution in [1.82, 2.24) is 0 Å². The van der Waals surface area contributed by atoms with E-state index in [1.165, 1.54) is 60.4 Å². The zero-order valence-corrected chi connectivity index (χ0v) is 12.5. The Bertz CT molecular complexity index is 751. The molecular weight excluding hydrogens is 342 g/mol. The molecule has 0 fully saturated rings. The fourth-order valence-corrected chi connectivity index (χ4v) is 1.85. The number of benzene rings is 2. The van der Waals surface area contributed by atoms with Crippen LogP contribution in [0.25, 0.3) is 0 Å². The Labute approximate surface area is 140 Å². The number of alkyl halides is 6. The first-order valence-corrected chi connectivity index (χ1v) is 6.96. The van der Waals surface area contributed by atoms with Crippen LogP contribution in [0.4, 0.5) is 26.3 Å². The highest BCUT2D eigenvalue weighted by Gasteiger charge is 2.70. The second kappa shape index (κ2) is 6.94. The van der Waals surface area contributed by atoms with Crippen molar-refractivity contribution in [2.24, 2.45) is 5.41 Å². The summed E-state index contributed by atoms with van der Waals surface area (Å²) in [5.74, 6) is 6.54. The van der Waals surface area contributed by atoms with Gasteiger partial charge in [-0.15, -0.1) is 0 Å². The highest BCUT2D eigenvalue weighted by Crippen LogP contribution is 2.49. The van der Waals surface area contributed by atoms with Gasteiger partial charge in [-0.05, 0) is 24.3 Å². The first kappa shape index (κ1) is 18.5. The van der Waals surface area contributed by atoms with Gasteiger partial charge in [0, 0.05) is 11.1 Å². The van der Waals surface area contributed by atoms with Crippen molar-refractivity contribution in [3.05, 3.63) is 71.8 Å². The molecule has 0 saturated carbocycles. The molecule has 0 saturated heterocycles. The monoisotopic (exact) mass is 352 g/mol. The summed E-state index contributed by atoms with van der Waals surface area (Å²) in [7, 11) is 0. The Morgan fingerprint density at radius 3 is 1.12 bits per heavy atom. The number of halogens is 6. The van der Waals surface area contributed by atoms with E-state index in [4.69, 9.17) is 0 Å². The molecule has 0 bridgehead atoms. The Kier molecular flexibility index (Phi) is 5.13. The van der Waals surface area contributed by atoms with Crippen molar-refractivity contribution in [3.8, 4) is 23.7 Å². The van der Waals surface area contributed by atoms with Gasteiger partial charge in [0.2, 0.25) is 0 Å². The minimum atomic E-state index is -5.71. The molecule has 0 spiro atoms. The van der Waals surface area contributed by atoms with Gasteiger partial charge in [-0.3, -0.25) is 0 Å². The zero-order chi connectivity index (χ0) is 18.6. The minimum absolute atomic E-state index is 0.0295. The summed E-state index contributed by atoms with van der Waals surface area (Å²) in [6.07, 6.45) is -11.4. The second-order valence-corrected chi connectivity index (χ2v) is 4.98. The van der Waals surface area contributed by atoms with Crippen LogP contribution in [0, 0.1) is 29.1 Å². The maximum atomic E-state index is 13.4. The summed E-state index contributed by atoms with van der Waals surface area (Å²) in [6.45, 7) is 0. The summed E-state index contributed by atoms with van der Waals surface area (Å²) in [5.41, 5.74) is -4.38. The molecule has 0 aromatic heterocycles. The lowest BCUT2D eigenvalue weighted by Crippen LogP contribution is -2.48. The molecule has 0 nitrogen and oxygen atoms in total. The van der Waals surface area contributed by atoms with Gasteiger partial charge in [0.15, 0.2) is 0 Å². The van der Waals surface area contributed by atoms with Crippen molar-refractivity contribution in [2.45, 2.75) is 12.4 Å². The van der Waals surface area contributed by atoms with E-state index in [0.29, 0.717) is 0 Å². The average Bonchev–Trinajstić information content (AvgIpc) is 2.54. The van der Waals surface area contributed by atoms with Gasteiger partial charge in [-0.1, -0.05) is 60.1 Å². The van der Waals surface area contributed by atoms with E-state index in [9.17, 15) is 26.3 Å². The fraction of sp³-hybridized carbons (Fsp3) is 0.158. The summed E-state index contributed by atoms with van der Waals surface area (Å²) in [4.78, 5) is 0. The third-order valence-electron chi connectivity index (χ3n) is 3.19. The van der Waals surface area contributed by atoms with E-state index in [1.807, 2.05) is 11.8 Å². The van der Waals surface area contributed by atoms with E-state index in [0.717, 1.165) is 0 Å². The lowest BCUT2D eigenvalue weighted by molar-refractivity contribution is -0.294. The molecule has 0 N–H and O–H groups in total. The van der Waals surface area contributed by atoms with Gasteiger partial charge in [-0.25, -0.2) is 0 Å². The molecule has 2 aromatic carbocycles. The molecule has 0 aliphatic rings. The predicted octanol–water partition coefficient (Wildman–Crippen LogP) is 5.20. The standard InChI is InChI=1S/C19H10F6/c20-18(21,22)17(19(23,24)25,13-11-15-7-3-1-4-8-15)14-12-16-9-5-2-6-10-16/h1-10H. The maximum Gasteiger partial charge on any atom is 0.425 e. The SMILES string of the molecule is FC(F)(F)C(C#Cc1ccccc1)(C#Cc1ccccc1)C(F)(F)F. The van der Waals surface area contributed by atoms with Crippen LogP contribution in [-0.4, -0.2) is 12.4 Å². The molecule has 2 aromatic rings. The van der Waals surface area contributed by atoms with Crippen molar-refractivity contribution in [1.29, 1.82) is 0 Å². The first-order valence-electron chi connectivity index (χ1n) is 6.96. The van der Waals surface area contributed by atoms with Crippen LogP contribution in [0.15, 0.2) is 60.7 Å². The molecule has 2 rings (SSSR count). The van der Waals surface area contributed by atoms with Gasteiger partial charge >= 0.3 is 12.4 Å². The van der Waals surface area contributed by atoms with Crippen LogP contribution in [0.1, 0.15) is 11.1 Å². The Balaban J connectivity index is 2.63. The first-order chi connectivity index (χ1) is 11.7. The fourth-order valence-electron chi connectivity index (χ4n) is 1.85. The molecular formula is C19H10F6. The third-order valence-corrected chi connectivity index (χ3v) is 3.19. The van der Waals surface area contributed by atoms with Gasteiger partial charge < -0.3 is 0 Å². The quantitative estimate of drug-likeness (QED) is 0.452. The van der Waals surface area contributed by atoms with Crippen LogP contribution in [-0.2, 0) is 0 Å². The Morgan fingerprint density at radius 1 is 0.520 bits per heavy atom. The van der Waals surface area contributed by atoms with Gasteiger partial charge in [-0.2, -0.15) is 26.3 Å². The molecule has 25 heavy (non-hydrogen) atoms. The summed E-state index contributed by atoms with van der Waals surface area (Å²) >= 11 is 0. The van der Waals surface area contributed by atoms with E-state index in [1.54, 1.807) is 12.1 Å². The molecule has 0 aliphatic carbocycles. The predicted molar refractivity (Wildman–Crippen MR) is 81.2 cm³/mol. The number of hydrogen-bond acceptors (Lipinski definition) is 0. The largest absolute Gasteiger partial charge is 0.425 e. The summed E-state index contributed by atoms with van der Waals surface area (Å²) < 4.78 is 80.1.